The molecule has 1 aromatic heterocycles. The fourth-order valence-corrected chi connectivity index (χ4v) is 5.73. The number of methoxy groups -OCH3 is 1. The quantitative estimate of drug-likeness (QED) is 0.112. The number of unbranched alkanes of at least 4 members (excludes halogenated alkanes) is 12. The van der Waals surface area contributed by atoms with E-state index in [0.717, 1.165) is 30.4 Å². The van der Waals surface area contributed by atoms with Crippen molar-refractivity contribution in [2.24, 2.45) is 0 Å². The van der Waals surface area contributed by atoms with E-state index in [4.69, 9.17) is 14.2 Å². The van der Waals surface area contributed by atoms with Crippen LogP contribution in [0.25, 0.3) is 11.1 Å². The molecule has 0 aliphatic rings. The largest absolute Gasteiger partial charge is 0.490 e. The van der Waals surface area contributed by atoms with Crippen molar-refractivity contribution in [3.63, 3.8) is 0 Å². The summed E-state index contributed by atoms with van der Waals surface area (Å²) in [5.41, 5.74) is 3.85. The molecule has 0 aliphatic heterocycles. The van der Waals surface area contributed by atoms with Gasteiger partial charge in [-0.05, 0) is 66.0 Å². The summed E-state index contributed by atoms with van der Waals surface area (Å²) < 4.78 is 17.2. The van der Waals surface area contributed by atoms with Crippen LogP contribution in [0.4, 0.5) is 0 Å². The zero-order chi connectivity index (χ0) is 31.8. The summed E-state index contributed by atoms with van der Waals surface area (Å²) in [5, 5.41) is 0. The number of carbonyl (C=O) groups excluding carboxylic acids is 2. The number of benzene rings is 1. The van der Waals surface area contributed by atoms with Gasteiger partial charge in [0.05, 0.1) is 41.8 Å². The predicted molar refractivity (Wildman–Crippen MR) is 176 cm³/mol. The number of aryl methyl sites for hydroxylation is 3. The van der Waals surface area contributed by atoms with Crippen LogP contribution >= 0.6 is 0 Å². The van der Waals surface area contributed by atoms with Gasteiger partial charge < -0.3 is 14.2 Å². The molecule has 0 aliphatic carbocycles. The van der Waals surface area contributed by atoms with Gasteiger partial charge in [0.15, 0.2) is 0 Å². The summed E-state index contributed by atoms with van der Waals surface area (Å²) in [6.07, 6.45) is 17.2. The zero-order valence-corrected chi connectivity index (χ0v) is 28.3. The maximum atomic E-state index is 13.5. The molecule has 0 saturated carbocycles. The number of hydrogen-bond donors (Lipinski definition) is 0. The molecule has 6 heteroatoms. The third-order valence-corrected chi connectivity index (χ3v) is 7.77. The molecule has 0 fully saturated rings. The van der Waals surface area contributed by atoms with E-state index in [1.54, 1.807) is 13.8 Å². The Morgan fingerprint density at radius 2 is 1.21 bits per heavy atom. The maximum absolute atomic E-state index is 13.5. The minimum absolute atomic E-state index is 0.0954. The second-order valence-corrected chi connectivity index (χ2v) is 12.3. The number of aromatic nitrogens is 1. The minimum Gasteiger partial charge on any atom is -0.490 e. The molecule has 0 unspecified atom stereocenters. The van der Waals surface area contributed by atoms with Crippen molar-refractivity contribution < 1.29 is 23.8 Å². The van der Waals surface area contributed by atoms with Gasteiger partial charge in [-0.1, -0.05) is 96.1 Å². The number of nitrogens with zero attached hydrogens (tertiary/aromatic N) is 1. The highest BCUT2D eigenvalue weighted by atomic mass is 16.5. The Kier molecular flexibility index (Phi) is 16.4. The van der Waals surface area contributed by atoms with E-state index in [1.807, 2.05) is 39.8 Å². The lowest BCUT2D eigenvalue weighted by molar-refractivity contribution is 0.0377. The van der Waals surface area contributed by atoms with E-state index in [0.29, 0.717) is 22.7 Å². The van der Waals surface area contributed by atoms with E-state index < -0.39 is 11.9 Å². The van der Waals surface area contributed by atoms with Crippen LogP contribution in [0.2, 0.25) is 0 Å². The number of ether oxygens (including phenoxy) is 3. The van der Waals surface area contributed by atoms with Gasteiger partial charge >= 0.3 is 11.9 Å². The maximum Gasteiger partial charge on any atom is 0.340 e. The lowest BCUT2D eigenvalue weighted by atomic mass is 9.87. The molecule has 0 N–H and O–H groups in total. The van der Waals surface area contributed by atoms with Crippen LogP contribution < -0.4 is 4.74 Å². The number of pyridine rings is 1. The van der Waals surface area contributed by atoms with Crippen molar-refractivity contribution in [1.29, 1.82) is 0 Å². The average Bonchev–Trinajstić information content (AvgIpc) is 2.94. The SMILES string of the molecule is CCCCCCCCCCCCCCCc1cccc(OC(C)C)c1-c1c(C(=O)OC)c(C)nc(C)c1C(=O)OC(C)C. The summed E-state index contributed by atoms with van der Waals surface area (Å²) in [7, 11) is 1.35. The number of rotatable bonds is 20. The van der Waals surface area contributed by atoms with Gasteiger partial charge in [0, 0.05) is 11.1 Å². The Morgan fingerprint density at radius 3 is 1.70 bits per heavy atom. The van der Waals surface area contributed by atoms with Gasteiger partial charge in [0.25, 0.3) is 0 Å². The first kappa shape index (κ1) is 36.3. The normalized spacial score (nSPS) is 11.3. The molecule has 2 rings (SSSR count). The van der Waals surface area contributed by atoms with Crippen LogP contribution in [0.1, 0.15) is 156 Å². The molecule has 0 spiro atoms. The molecule has 240 valence electrons. The monoisotopic (exact) mass is 595 g/mol. The molecule has 0 atom stereocenters. The van der Waals surface area contributed by atoms with Crippen molar-refractivity contribution in [2.75, 3.05) is 7.11 Å². The van der Waals surface area contributed by atoms with Crippen LogP contribution in [0.5, 0.6) is 5.75 Å². The van der Waals surface area contributed by atoms with E-state index in [1.165, 1.54) is 77.7 Å². The van der Waals surface area contributed by atoms with E-state index >= 15 is 0 Å². The van der Waals surface area contributed by atoms with Crippen LogP contribution in [0.15, 0.2) is 18.2 Å². The number of carbonyl (C=O) groups is 2. The second kappa shape index (κ2) is 19.4. The minimum atomic E-state index is -0.537. The molecule has 6 nitrogen and oxygen atoms in total. The molecule has 1 heterocycles. The molecule has 0 saturated heterocycles. The zero-order valence-electron chi connectivity index (χ0n) is 28.3. The first-order valence-electron chi connectivity index (χ1n) is 16.7. The summed E-state index contributed by atoms with van der Waals surface area (Å²) in [6, 6.07) is 5.97. The first-order valence-corrected chi connectivity index (χ1v) is 16.7. The standard InChI is InChI=1S/C37H57NO5/c1-9-10-11-12-13-14-15-16-17-18-19-20-21-23-30-24-22-25-31(42-26(2)3)34(30)35-32(36(39)41-8)28(6)38-29(7)33(35)37(40)43-27(4)5/h22,24-27H,9-21,23H2,1-8H3. The molecule has 0 radical (unpaired) electrons. The third kappa shape index (κ3) is 11.6. The van der Waals surface area contributed by atoms with Crippen molar-refractivity contribution in [2.45, 2.75) is 151 Å². The Bertz CT molecular complexity index is 1150. The fraction of sp³-hybridized carbons (Fsp3) is 0.649. The second-order valence-electron chi connectivity index (χ2n) is 12.3. The van der Waals surface area contributed by atoms with Crippen molar-refractivity contribution in [1.82, 2.24) is 4.98 Å². The average molecular weight is 596 g/mol. The van der Waals surface area contributed by atoms with E-state index in [-0.39, 0.29) is 23.3 Å². The number of esters is 2. The molecule has 2 aromatic rings. The first-order chi connectivity index (χ1) is 20.6. The van der Waals surface area contributed by atoms with Crippen LogP contribution in [-0.2, 0) is 15.9 Å². The third-order valence-electron chi connectivity index (χ3n) is 7.77. The van der Waals surface area contributed by atoms with Crippen LogP contribution in [-0.4, -0.2) is 36.2 Å². The highest BCUT2D eigenvalue weighted by Gasteiger charge is 2.31. The van der Waals surface area contributed by atoms with Gasteiger partial charge in [0.1, 0.15) is 5.75 Å². The smallest absolute Gasteiger partial charge is 0.340 e. The Balaban J connectivity index is 2.29. The Labute approximate surface area is 261 Å². The Hall–Kier alpha value is -2.89. The Morgan fingerprint density at radius 1 is 0.698 bits per heavy atom. The predicted octanol–water partition coefficient (Wildman–Crippen LogP) is 10.1. The summed E-state index contributed by atoms with van der Waals surface area (Å²) in [5.74, 6) is -0.410. The van der Waals surface area contributed by atoms with E-state index in [2.05, 4.69) is 18.0 Å². The van der Waals surface area contributed by atoms with Gasteiger partial charge in [-0.2, -0.15) is 0 Å². The van der Waals surface area contributed by atoms with Crippen molar-refractivity contribution in [3.8, 4) is 16.9 Å². The highest BCUT2D eigenvalue weighted by Crippen LogP contribution is 2.41. The van der Waals surface area contributed by atoms with E-state index in [9.17, 15) is 9.59 Å². The van der Waals surface area contributed by atoms with Gasteiger partial charge in [0.2, 0.25) is 0 Å². The van der Waals surface area contributed by atoms with Crippen molar-refractivity contribution in [3.05, 3.63) is 46.3 Å². The lowest BCUT2D eigenvalue weighted by Crippen LogP contribution is -2.20. The topological polar surface area (TPSA) is 74.7 Å². The molecule has 0 amide bonds. The van der Waals surface area contributed by atoms with Crippen LogP contribution in [0, 0.1) is 13.8 Å². The highest BCUT2D eigenvalue weighted by molar-refractivity contribution is 6.08. The fourth-order valence-electron chi connectivity index (χ4n) is 5.73. The summed E-state index contributed by atoms with van der Waals surface area (Å²) in [6.45, 7) is 13.4. The van der Waals surface area contributed by atoms with Crippen LogP contribution in [0.3, 0.4) is 0 Å². The molecular formula is C37H57NO5. The molecular weight excluding hydrogens is 538 g/mol. The lowest BCUT2D eigenvalue weighted by Gasteiger charge is -2.23. The summed E-state index contributed by atoms with van der Waals surface area (Å²) in [4.78, 5) is 31.3. The van der Waals surface area contributed by atoms with Gasteiger partial charge in [-0.3, -0.25) is 4.98 Å². The number of hydrogen-bond acceptors (Lipinski definition) is 6. The summed E-state index contributed by atoms with van der Waals surface area (Å²) >= 11 is 0. The van der Waals surface area contributed by atoms with Gasteiger partial charge in [-0.15, -0.1) is 0 Å². The van der Waals surface area contributed by atoms with Gasteiger partial charge in [-0.25, -0.2) is 9.59 Å². The molecule has 1 aromatic carbocycles. The van der Waals surface area contributed by atoms with Crippen molar-refractivity contribution >= 4 is 11.9 Å². The molecule has 43 heavy (non-hydrogen) atoms. The molecule has 0 bridgehead atoms.